The van der Waals surface area contributed by atoms with Gasteiger partial charge >= 0.3 is 6.09 Å². The summed E-state index contributed by atoms with van der Waals surface area (Å²) in [6.45, 7) is 5.47. The minimum Gasteiger partial charge on any atom is -0.444 e. The van der Waals surface area contributed by atoms with Crippen LogP contribution in [0.3, 0.4) is 0 Å². The van der Waals surface area contributed by atoms with Gasteiger partial charge in [0.15, 0.2) is 0 Å². The van der Waals surface area contributed by atoms with Crippen molar-refractivity contribution >= 4 is 23.4 Å². The monoisotopic (exact) mass is 241 g/mol. The van der Waals surface area contributed by atoms with Crippen molar-refractivity contribution in [1.29, 1.82) is 0 Å². The number of alkyl halides is 1. The summed E-state index contributed by atoms with van der Waals surface area (Å²) in [4.78, 5) is 11.4. The first-order valence-corrected chi connectivity index (χ1v) is 5.59. The molecule has 0 fully saturated rings. The van der Waals surface area contributed by atoms with Gasteiger partial charge in [-0.25, -0.2) is 4.79 Å². The highest BCUT2D eigenvalue weighted by Gasteiger charge is 2.15. The Kier molecular flexibility index (Phi) is 4.19. The Hall–Kier alpha value is -1.22. The number of hydrogen-bond donors (Lipinski definition) is 1. The molecule has 1 aromatic rings. The summed E-state index contributed by atoms with van der Waals surface area (Å²) in [5, 5.41) is 2.65. The molecule has 1 amide bonds. The van der Waals surface area contributed by atoms with Crippen molar-refractivity contribution in [1.82, 2.24) is 0 Å². The second-order valence-electron chi connectivity index (χ2n) is 4.46. The Labute approximate surface area is 101 Å². The molecule has 0 heterocycles. The van der Waals surface area contributed by atoms with Crippen LogP contribution in [0.25, 0.3) is 0 Å². The molecule has 0 aliphatic carbocycles. The third-order valence-electron chi connectivity index (χ3n) is 1.75. The summed E-state index contributed by atoms with van der Waals surface area (Å²) < 4.78 is 5.12. The number of amides is 1. The first kappa shape index (κ1) is 12.8. The van der Waals surface area contributed by atoms with E-state index in [1.165, 1.54) is 0 Å². The zero-order chi connectivity index (χ0) is 12.2. The number of ether oxygens (including phenoxy) is 1. The molecule has 1 N–H and O–H groups in total. The average molecular weight is 242 g/mol. The zero-order valence-electron chi connectivity index (χ0n) is 9.71. The molecular formula is C12H16ClNO2. The molecule has 0 atom stereocenters. The summed E-state index contributed by atoms with van der Waals surface area (Å²) >= 11 is 5.66. The second kappa shape index (κ2) is 5.21. The van der Waals surface area contributed by atoms with Gasteiger partial charge in [-0.1, -0.05) is 12.1 Å². The molecule has 0 saturated heterocycles. The summed E-state index contributed by atoms with van der Waals surface area (Å²) in [6.07, 6.45) is -0.453. The molecule has 0 bridgehead atoms. The van der Waals surface area contributed by atoms with E-state index in [2.05, 4.69) is 5.32 Å². The molecule has 1 aromatic carbocycles. The molecule has 3 nitrogen and oxygen atoms in total. The van der Waals surface area contributed by atoms with Crippen molar-refractivity contribution in [3.8, 4) is 0 Å². The zero-order valence-corrected chi connectivity index (χ0v) is 10.5. The van der Waals surface area contributed by atoms with E-state index in [0.29, 0.717) is 11.6 Å². The lowest BCUT2D eigenvalue weighted by molar-refractivity contribution is 0.0636. The molecule has 0 radical (unpaired) electrons. The van der Waals surface area contributed by atoms with Crippen molar-refractivity contribution < 1.29 is 9.53 Å². The van der Waals surface area contributed by atoms with Gasteiger partial charge in [-0.2, -0.15) is 0 Å². The Morgan fingerprint density at radius 1 is 1.31 bits per heavy atom. The maximum absolute atomic E-state index is 11.4. The molecule has 0 aliphatic heterocycles. The number of halogens is 1. The predicted molar refractivity (Wildman–Crippen MR) is 65.9 cm³/mol. The minimum absolute atomic E-state index is 0.453. The standard InChI is InChI=1S/C12H16ClNO2/c1-12(2,3)16-11(15)14-10-6-4-9(8-13)5-7-10/h4-7H,8H2,1-3H3,(H,14,15). The number of carbonyl (C=O) groups excluding carboxylic acids is 1. The fourth-order valence-corrected chi connectivity index (χ4v) is 1.28. The van der Waals surface area contributed by atoms with E-state index in [4.69, 9.17) is 16.3 Å². The summed E-state index contributed by atoms with van der Waals surface area (Å²) in [5.41, 5.74) is 1.22. The van der Waals surface area contributed by atoms with Gasteiger partial charge < -0.3 is 4.74 Å². The van der Waals surface area contributed by atoms with Gasteiger partial charge in [0, 0.05) is 11.6 Å². The first-order valence-electron chi connectivity index (χ1n) is 5.05. The van der Waals surface area contributed by atoms with Crippen LogP contribution in [0.2, 0.25) is 0 Å². The van der Waals surface area contributed by atoms with Gasteiger partial charge in [-0.15, -0.1) is 11.6 Å². The SMILES string of the molecule is CC(C)(C)OC(=O)Nc1ccc(CCl)cc1. The van der Waals surface area contributed by atoms with Crippen molar-refractivity contribution in [3.63, 3.8) is 0 Å². The summed E-state index contributed by atoms with van der Waals surface area (Å²) in [7, 11) is 0. The molecular weight excluding hydrogens is 226 g/mol. The smallest absolute Gasteiger partial charge is 0.412 e. The van der Waals surface area contributed by atoms with Crippen LogP contribution >= 0.6 is 11.6 Å². The minimum atomic E-state index is -0.486. The molecule has 4 heteroatoms. The highest BCUT2D eigenvalue weighted by Crippen LogP contribution is 2.13. The molecule has 0 aromatic heterocycles. The quantitative estimate of drug-likeness (QED) is 0.801. The highest BCUT2D eigenvalue weighted by atomic mass is 35.5. The van der Waals surface area contributed by atoms with Crippen LogP contribution in [0.5, 0.6) is 0 Å². The van der Waals surface area contributed by atoms with E-state index in [-0.39, 0.29) is 0 Å². The van der Waals surface area contributed by atoms with E-state index in [1.807, 2.05) is 32.9 Å². The largest absolute Gasteiger partial charge is 0.444 e. The number of carbonyl (C=O) groups is 1. The van der Waals surface area contributed by atoms with E-state index < -0.39 is 11.7 Å². The Balaban J connectivity index is 2.56. The molecule has 0 aliphatic rings. The third-order valence-corrected chi connectivity index (χ3v) is 2.06. The molecule has 0 unspecified atom stereocenters. The fraction of sp³-hybridized carbons (Fsp3) is 0.417. The van der Waals surface area contributed by atoms with Crippen LogP contribution in [-0.2, 0) is 10.6 Å². The number of nitrogens with one attached hydrogen (secondary N) is 1. The molecule has 0 saturated carbocycles. The normalized spacial score (nSPS) is 11.0. The van der Waals surface area contributed by atoms with Gasteiger partial charge in [0.2, 0.25) is 0 Å². The van der Waals surface area contributed by atoms with Crippen LogP contribution in [-0.4, -0.2) is 11.7 Å². The maximum atomic E-state index is 11.4. The van der Waals surface area contributed by atoms with Crippen LogP contribution in [0.4, 0.5) is 10.5 Å². The topological polar surface area (TPSA) is 38.3 Å². The first-order chi connectivity index (χ1) is 7.40. The number of anilines is 1. The summed E-state index contributed by atoms with van der Waals surface area (Å²) in [5.74, 6) is 0.465. The van der Waals surface area contributed by atoms with Crippen molar-refractivity contribution in [2.75, 3.05) is 5.32 Å². The lowest BCUT2D eigenvalue weighted by Gasteiger charge is -2.19. The van der Waals surface area contributed by atoms with E-state index in [0.717, 1.165) is 5.56 Å². The average Bonchev–Trinajstić information content (AvgIpc) is 2.16. The van der Waals surface area contributed by atoms with Crippen molar-refractivity contribution in [2.45, 2.75) is 32.3 Å². The Morgan fingerprint density at radius 2 is 1.88 bits per heavy atom. The van der Waals surface area contributed by atoms with Gasteiger partial charge in [0.05, 0.1) is 0 Å². The number of benzene rings is 1. The number of rotatable bonds is 2. The molecule has 0 spiro atoms. The summed E-state index contributed by atoms with van der Waals surface area (Å²) in [6, 6.07) is 7.31. The van der Waals surface area contributed by atoms with Crippen molar-refractivity contribution in [3.05, 3.63) is 29.8 Å². The van der Waals surface area contributed by atoms with E-state index in [9.17, 15) is 4.79 Å². The lowest BCUT2D eigenvalue weighted by atomic mass is 10.2. The van der Waals surface area contributed by atoms with Crippen molar-refractivity contribution in [2.24, 2.45) is 0 Å². The maximum Gasteiger partial charge on any atom is 0.412 e. The van der Waals surface area contributed by atoms with Gasteiger partial charge in [-0.05, 0) is 38.5 Å². The van der Waals surface area contributed by atoms with Gasteiger partial charge in [-0.3, -0.25) is 5.32 Å². The van der Waals surface area contributed by atoms with E-state index in [1.54, 1.807) is 12.1 Å². The fourth-order valence-electron chi connectivity index (χ4n) is 1.10. The van der Waals surface area contributed by atoms with Gasteiger partial charge in [0.25, 0.3) is 0 Å². The molecule has 16 heavy (non-hydrogen) atoms. The van der Waals surface area contributed by atoms with Crippen LogP contribution in [0.15, 0.2) is 24.3 Å². The Bertz CT molecular complexity index is 354. The highest BCUT2D eigenvalue weighted by molar-refractivity contribution is 6.17. The van der Waals surface area contributed by atoms with Crippen LogP contribution in [0, 0.1) is 0 Å². The third kappa shape index (κ3) is 4.53. The predicted octanol–water partition coefficient (Wildman–Crippen LogP) is 3.77. The van der Waals surface area contributed by atoms with Crippen LogP contribution in [0.1, 0.15) is 26.3 Å². The Morgan fingerprint density at radius 3 is 2.31 bits per heavy atom. The number of hydrogen-bond acceptors (Lipinski definition) is 2. The molecule has 1 rings (SSSR count). The second-order valence-corrected chi connectivity index (χ2v) is 4.72. The van der Waals surface area contributed by atoms with Gasteiger partial charge in [0.1, 0.15) is 5.60 Å². The van der Waals surface area contributed by atoms with Crippen LogP contribution < -0.4 is 5.32 Å². The lowest BCUT2D eigenvalue weighted by Crippen LogP contribution is -2.27. The van der Waals surface area contributed by atoms with E-state index >= 15 is 0 Å². The molecule has 88 valence electrons.